The number of benzene rings is 1. The lowest BCUT2D eigenvalue weighted by molar-refractivity contribution is 0.0985. The molecule has 0 radical (unpaired) electrons. The summed E-state index contributed by atoms with van der Waals surface area (Å²) in [5, 5.41) is 14.9. The third-order valence-corrected chi connectivity index (χ3v) is 11.0. The second-order valence-corrected chi connectivity index (χ2v) is 14.0. The van der Waals surface area contributed by atoms with E-state index >= 15 is 0 Å². The van der Waals surface area contributed by atoms with Gasteiger partial charge in [-0.15, -0.1) is 0 Å². The fourth-order valence-corrected chi connectivity index (χ4v) is 7.88. The van der Waals surface area contributed by atoms with Gasteiger partial charge in [0, 0.05) is 29.1 Å². The molecule has 5 rings (SSSR count). The molecule has 1 aliphatic heterocycles. The standard InChI is InChI=1S/C27H39N5O5S/c1-18-16-37-14-13-32(18)23-15-22(27(11-4-12-27)38(35,36)21-9-10-21)29-24(30-23)19-5-7-20(8-6-19)28-25(34)31-26(2,3)17-33/h5-8,15,18,21,33,35-36H,4,9-14,16-17H2,1-3H3,(H2,28,31,34)/t18-/m0/s1. The minimum absolute atomic E-state index is 0.0423. The van der Waals surface area contributed by atoms with Crippen molar-refractivity contribution in [2.24, 2.45) is 0 Å². The van der Waals surface area contributed by atoms with Crippen LogP contribution >= 0.6 is 10.6 Å². The molecule has 10 nitrogen and oxygen atoms in total. The second-order valence-electron chi connectivity index (χ2n) is 11.4. The molecule has 2 aromatic rings. The van der Waals surface area contributed by atoms with Gasteiger partial charge in [-0.3, -0.25) is 9.11 Å². The Hall–Kier alpha value is -2.44. The topological polar surface area (TPSA) is 140 Å². The van der Waals surface area contributed by atoms with Crippen LogP contribution < -0.4 is 15.5 Å². The lowest BCUT2D eigenvalue weighted by atomic mass is 9.81. The van der Waals surface area contributed by atoms with Gasteiger partial charge < -0.3 is 25.4 Å². The molecule has 1 aromatic carbocycles. The van der Waals surface area contributed by atoms with Crippen molar-refractivity contribution in [2.75, 3.05) is 36.6 Å². The smallest absolute Gasteiger partial charge is 0.319 e. The Kier molecular flexibility index (Phi) is 7.34. The summed E-state index contributed by atoms with van der Waals surface area (Å²) in [6.07, 6.45) is 4.08. The van der Waals surface area contributed by atoms with Crippen LogP contribution in [0.15, 0.2) is 30.3 Å². The van der Waals surface area contributed by atoms with Gasteiger partial charge in [0.05, 0.1) is 37.1 Å². The third-order valence-electron chi connectivity index (χ3n) is 7.82. The molecule has 2 heterocycles. The maximum absolute atomic E-state index is 12.3. The number of anilines is 2. The van der Waals surface area contributed by atoms with E-state index in [-0.39, 0.29) is 17.9 Å². The van der Waals surface area contributed by atoms with E-state index in [0.29, 0.717) is 49.8 Å². The van der Waals surface area contributed by atoms with Crippen molar-refractivity contribution in [3.63, 3.8) is 0 Å². The molecule has 3 fully saturated rings. The van der Waals surface area contributed by atoms with E-state index in [1.807, 2.05) is 18.2 Å². The number of aromatic nitrogens is 2. The number of urea groups is 1. The Balaban J connectivity index is 1.48. The molecule has 1 aromatic heterocycles. The van der Waals surface area contributed by atoms with Crippen LogP contribution in [0, 0.1) is 0 Å². The molecule has 0 bridgehead atoms. The fraction of sp³-hybridized carbons (Fsp3) is 0.593. The number of hydrogen-bond acceptors (Lipinski definition) is 8. The molecule has 11 heteroatoms. The van der Waals surface area contributed by atoms with Crippen LogP contribution in [-0.4, -0.2) is 73.4 Å². The number of carbonyl (C=O) groups excluding carboxylic acids is 1. The monoisotopic (exact) mass is 545 g/mol. The van der Waals surface area contributed by atoms with E-state index in [0.717, 1.165) is 30.6 Å². The van der Waals surface area contributed by atoms with Gasteiger partial charge in [0.25, 0.3) is 0 Å². The predicted octanol–water partition coefficient (Wildman–Crippen LogP) is 4.55. The number of nitrogens with one attached hydrogen (secondary N) is 2. The first-order chi connectivity index (χ1) is 18.0. The average Bonchev–Trinajstić information content (AvgIpc) is 3.70. The highest BCUT2D eigenvalue weighted by molar-refractivity contribution is 8.25. The number of carbonyl (C=O) groups is 1. The van der Waals surface area contributed by atoms with Crippen molar-refractivity contribution in [3.8, 4) is 11.4 Å². The maximum Gasteiger partial charge on any atom is 0.319 e. The van der Waals surface area contributed by atoms with Gasteiger partial charge in [0.2, 0.25) is 0 Å². The molecule has 1 atom stereocenters. The Morgan fingerprint density at radius 3 is 2.50 bits per heavy atom. The van der Waals surface area contributed by atoms with Crippen LogP contribution in [0.4, 0.5) is 16.3 Å². The summed E-state index contributed by atoms with van der Waals surface area (Å²) < 4.78 is 27.7. The summed E-state index contributed by atoms with van der Waals surface area (Å²) in [5.41, 5.74) is 1.34. The van der Waals surface area contributed by atoms with Crippen molar-refractivity contribution in [1.29, 1.82) is 0 Å². The number of rotatable bonds is 8. The number of amides is 2. The first-order valence-corrected chi connectivity index (χ1v) is 15.0. The highest BCUT2D eigenvalue weighted by atomic mass is 32.3. The highest BCUT2D eigenvalue weighted by Crippen LogP contribution is 2.74. The summed E-state index contributed by atoms with van der Waals surface area (Å²) in [4.78, 5) is 24.4. The molecule has 5 N–H and O–H groups in total. The normalized spacial score (nSPS) is 21.9. The van der Waals surface area contributed by atoms with Gasteiger partial charge in [-0.05, 0) is 77.1 Å². The van der Waals surface area contributed by atoms with E-state index in [2.05, 4.69) is 22.5 Å². The van der Waals surface area contributed by atoms with Gasteiger partial charge in [-0.25, -0.2) is 14.8 Å². The Labute approximate surface area is 225 Å². The maximum atomic E-state index is 12.3. The van der Waals surface area contributed by atoms with Gasteiger partial charge in [0.15, 0.2) is 5.82 Å². The van der Waals surface area contributed by atoms with Crippen LogP contribution in [-0.2, 0) is 9.48 Å². The van der Waals surface area contributed by atoms with Crippen molar-refractivity contribution < 1.29 is 23.7 Å². The van der Waals surface area contributed by atoms with E-state index in [4.69, 9.17) is 14.7 Å². The molecule has 208 valence electrons. The molecule has 0 spiro atoms. The molecular weight excluding hydrogens is 506 g/mol. The van der Waals surface area contributed by atoms with Gasteiger partial charge in [-0.1, -0.05) is 0 Å². The fourth-order valence-electron chi connectivity index (χ4n) is 5.15. The highest BCUT2D eigenvalue weighted by Gasteiger charge is 2.56. The van der Waals surface area contributed by atoms with E-state index in [9.17, 15) is 19.0 Å². The molecule has 0 unspecified atom stereocenters. The quantitative estimate of drug-likeness (QED) is 0.325. The zero-order valence-electron chi connectivity index (χ0n) is 22.3. The van der Waals surface area contributed by atoms with Crippen LogP contribution in [0.5, 0.6) is 0 Å². The number of aliphatic hydroxyl groups excluding tert-OH is 1. The minimum Gasteiger partial charge on any atom is -0.394 e. The first-order valence-electron chi connectivity index (χ1n) is 13.4. The Bertz CT molecular complexity index is 1170. The Morgan fingerprint density at radius 1 is 1.21 bits per heavy atom. The van der Waals surface area contributed by atoms with E-state index in [1.165, 1.54) is 0 Å². The second kappa shape index (κ2) is 10.3. The number of nitrogens with zero attached hydrogens (tertiary/aromatic N) is 3. The van der Waals surface area contributed by atoms with Crippen molar-refractivity contribution in [2.45, 2.75) is 74.5 Å². The first kappa shape index (κ1) is 27.1. The zero-order valence-corrected chi connectivity index (χ0v) is 23.1. The summed E-state index contributed by atoms with van der Waals surface area (Å²) >= 11 is 0. The lowest BCUT2D eigenvalue weighted by Crippen LogP contribution is -2.48. The third kappa shape index (κ3) is 5.22. The van der Waals surface area contributed by atoms with E-state index in [1.54, 1.807) is 26.0 Å². The number of morpholine rings is 1. The minimum atomic E-state index is -2.85. The zero-order chi connectivity index (χ0) is 27.1. The van der Waals surface area contributed by atoms with Gasteiger partial charge in [-0.2, -0.15) is 10.6 Å². The van der Waals surface area contributed by atoms with Crippen LogP contribution in [0.25, 0.3) is 11.4 Å². The summed E-state index contributed by atoms with van der Waals surface area (Å²) in [7, 11) is -2.85. The lowest BCUT2D eigenvalue weighted by Gasteiger charge is -2.56. The average molecular weight is 546 g/mol. The Morgan fingerprint density at radius 2 is 1.92 bits per heavy atom. The van der Waals surface area contributed by atoms with Crippen LogP contribution in [0.2, 0.25) is 0 Å². The van der Waals surface area contributed by atoms with Gasteiger partial charge in [0.1, 0.15) is 10.6 Å². The number of ether oxygens (including phenoxy) is 1. The number of hydrogen-bond donors (Lipinski definition) is 5. The molecule has 2 aliphatic carbocycles. The molecule has 3 aliphatic rings. The molecule has 2 amide bonds. The summed E-state index contributed by atoms with van der Waals surface area (Å²) in [5.74, 6) is 1.29. The summed E-state index contributed by atoms with van der Waals surface area (Å²) in [6, 6.07) is 8.96. The molecular formula is C27H39N5O5S. The SMILES string of the molecule is C[C@H]1COCCN1c1cc(C2(S(O)(O)C3CC3)CCC2)nc(-c2ccc(NC(=O)NC(C)(C)CO)cc2)n1. The van der Waals surface area contributed by atoms with Crippen molar-refractivity contribution in [1.82, 2.24) is 15.3 Å². The molecule has 2 saturated carbocycles. The molecule has 38 heavy (non-hydrogen) atoms. The summed E-state index contributed by atoms with van der Waals surface area (Å²) in [6.45, 7) is 7.31. The van der Waals surface area contributed by atoms with Crippen molar-refractivity contribution >= 4 is 28.1 Å². The predicted molar refractivity (Wildman–Crippen MR) is 150 cm³/mol. The molecule has 1 saturated heterocycles. The van der Waals surface area contributed by atoms with Crippen LogP contribution in [0.1, 0.15) is 58.6 Å². The van der Waals surface area contributed by atoms with Gasteiger partial charge >= 0.3 is 6.03 Å². The number of aliphatic hydroxyl groups is 1. The van der Waals surface area contributed by atoms with Crippen LogP contribution in [0.3, 0.4) is 0 Å². The van der Waals surface area contributed by atoms with E-state index < -0.39 is 26.9 Å². The largest absolute Gasteiger partial charge is 0.394 e. The van der Waals surface area contributed by atoms with Crippen molar-refractivity contribution in [3.05, 3.63) is 36.0 Å².